The fourth-order valence-corrected chi connectivity index (χ4v) is 2.70. The highest BCUT2D eigenvalue weighted by Crippen LogP contribution is 2.39. The van der Waals surface area contributed by atoms with Gasteiger partial charge in [0.05, 0.1) is 6.61 Å². The Kier molecular flexibility index (Phi) is 4.71. The molecule has 0 heterocycles. The van der Waals surface area contributed by atoms with Gasteiger partial charge in [-0.2, -0.15) is 0 Å². The second kappa shape index (κ2) is 6.15. The first kappa shape index (κ1) is 15.3. The third-order valence-electron chi connectivity index (χ3n) is 3.14. The van der Waals surface area contributed by atoms with Crippen LogP contribution in [-0.4, -0.2) is 6.61 Å². The maximum absolute atomic E-state index is 15.2. The Bertz CT molecular complexity index is 596. The number of benzene rings is 2. The molecule has 2 aromatic carbocycles. The van der Waals surface area contributed by atoms with Crippen molar-refractivity contribution in [1.29, 1.82) is 0 Å². The second-order valence-corrected chi connectivity index (χ2v) is 5.91. The molecule has 2 rings (SSSR count). The number of halogens is 3. The minimum atomic E-state index is -1.66. The molecule has 0 aliphatic rings. The van der Waals surface area contributed by atoms with Crippen LogP contribution in [0.4, 0.5) is 4.39 Å². The van der Waals surface area contributed by atoms with Gasteiger partial charge < -0.3 is 4.74 Å². The van der Waals surface area contributed by atoms with Crippen molar-refractivity contribution in [2.75, 3.05) is 6.61 Å². The van der Waals surface area contributed by atoms with Crippen molar-refractivity contribution in [3.63, 3.8) is 0 Å². The van der Waals surface area contributed by atoms with Crippen molar-refractivity contribution in [3.8, 4) is 5.75 Å². The van der Waals surface area contributed by atoms with E-state index in [1.54, 1.807) is 42.5 Å². The van der Waals surface area contributed by atoms with Crippen molar-refractivity contribution in [1.82, 2.24) is 0 Å². The normalized spacial score (nSPS) is 13.8. The summed E-state index contributed by atoms with van der Waals surface area (Å²) in [5.74, 6) is 0.729. The molecule has 4 heteroatoms. The first-order valence-corrected chi connectivity index (χ1v) is 7.50. The molecular weight excluding hydrogens is 343 g/mol. The molecule has 0 N–H and O–H groups in total. The number of alkyl halides is 1. The average Bonchev–Trinajstić information content (AvgIpc) is 2.42. The fourth-order valence-electron chi connectivity index (χ4n) is 2.04. The van der Waals surface area contributed by atoms with Crippen molar-refractivity contribution in [2.24, 2.45) is 0 Å². The van der Waals surface area contributed by atoms with Gasteiger partial charge in [0.2, 0.25) is 0 Å². The maximum atomic E-state index is 15.2. The first-order chi connectivity index (χ1) is 9.45. The second-order valence-electron chi connectivity index (χ2n) is 4.58. The number of ether oxygens (including phenoxy) is 1. The molecule has 0 spiro atoms. The van der Waals surface area contributed by atoms with E-state index < -0.39 is 5.67 Å². The SMILES string of the molecule is CCOc1ccc(C(C)(F)c2cc(Br)ccc2Cl)cc1. The monoisotopic (exact) mass is 356 g/mol. The predicted molar refractivity (Wildman–Crippen MR) is 84.3 cm³/mol. The van der Waals surface area contributed by atoms with Crippen molar-refractivity contribution in [2.45, 2.75) is 19.5 Å². The molecule has 20 heavy (non-hydrogen) atoms. The quantitative estimate of drug-likeness (QED) is 0.678. The van der Waals surface area contributed by atoms with Crippen LogP contribution < -0.4 is 4.74 Å². The molecule has 1 unspecified atom stereocenters. The Morgan fingerprint density at radius 3 is 2.45 bits per heavy atom. The van der Waals surface area contributed by atoms with Crippen molar-refractivity contribution < 1.29 is 9.13 Å². The summed E-state index contributed by atoms with van der Waals surface area (Å²) in [7, 11) is 0. The van der Waals surface area contributed by atoms with Crippen LogP contribution in [0.15, 0.2) is 46.9 Å². The molecule has 0 radical (unpaired) electrons. The molecule has 0 fully saturated rings. The van der Waals surface area contributed by atoms with Gasteiger partial charge >= 0.3 is 0 Å². The van der Waals surface area contributed by atoms with E-state index in [1.807, 2.05) is 6.92 Å². The van der Waals surface area contributed by atoms with Crippen LogP contribution >= 0.6 is 27.5 Å². The molecule has 0 aliphatic heterocycles. The minimum absolute atomic E-state index is 0.409. The smallest absolute Gasteiger partial charge is 0.159 e. The van der Waals surface area contributed by atoms with E-state index >= 15 is 4.39 Å². The van der Waals surface area contributed by atoms with Gasteiger partial charge in [-0.15, -0.1) is 0 Å². The molecule has 2 aromatic rings. The topological polar surface area (TPSA) is 9.23 Å². The minimum Gasteiger partial charge on any atom is -0.494 e. The predicted octanol–water partition coefficient (Wildman–Crippen LogP) is 5.73. The van der Waals surface area contributed by atoms with E-state index in [1.165, 1.54) is 6.92 Å². The molecule has 106 valence electrons. The van der Waals surface area contributed by atoms with Gasteiger partial charge in [-0.3, -0.25) is 0 Å². The Balaban J connectivity index is 2.40. The lowest BCUT2D eigenvalue weighted by molar-refractivity contribution is 0.251. The lowest BCUT2D eigenvalue weighted by atomic mass is 9.90. The highest BCUT2D eigenvalue weighted by Gasteiger charge is 2.30. The van der Waals surface area contributed by atoms with E-state index in [9.17, 15) is 0 Å². The summed E-state index contributed by atoms with van der Waals surface area (Å²) in [5, 5.41) is 0.409. The molecule has 0 amide bonds. The van der Waals surface area contributed by atoms with Crippen LogP contribution in [0.1, 0.15) is 25.0 Å². The van der Waals surface area contributed by atoms with E-state index in [-0.39, 0.29) is 0 Å². The molecule has 0 bridgehead atoms. The van der Waals surface area contributed by atoms with Gasteiger partial charge in [0.25, 0.3) is 0 Å². The molecule has 1 atom stereocenters. The van der Waals surface area contributed by atoms with Crippen LogP contribution in [-0.2, 0) is 5.67 Å². The molecule has 0 saturated heterocycles. The zero-order valence-corrected chi connectivity index (χ0v) is 13.6. The maximum Gasteiger partial charge on any atom is 0.159 e. The van der Waals surface area contributed by atoms with Crippen molar-refractivity contribution in [3.05, 3.63) is 63.1 Å². The van der Waals surface area contributed by atoms with Crippen molar-refractivity contribution >= 4 is 27.5 Å². The molecule has 1 nitrogen and oxygen atoms in total. The number of rotatable bonds is 4. The lowest BCUT2D eigenvalue weighted by Crippen LogP contribution is -2.17. The zero-order chi connectivity index (χ0) is 14.8. The summed E-state index contributed by atoms with van der Waals surface area (Å²) in [4.78, 5) is 0. The van der Waals surface area contributed by atoms with E-state index in [4.69, 9.17) is 16.3 Å². The van der Waals surface area contributed by atoms with E-state index in [0.717, 1.165) is 10.2 Å². The third-order valence-corrected chi connectivity index (χ3v) is 3.96. The summed E-state index contributed by atoms with van der Waals surface area (Å²) in [5.41, 5.74) is -0.676. The average molecular weight is 358 g/mol. The Hall–Kier alpha value is -1.06. The van der Waals surface area contributed by atoms with Crippen LogP contribution in [0.25, 0.3) is 0 Å². The highest BCUT2D eigenvalue weighted by molar-refractivity contribution is 9.10. The zero-order valence-electron chi connectivity index (χ0n) is 11.3. The molecule has 0 saturated carbocycles. The van der Waals surface area contributed by atoms with Gasteiger partial charge in [-0.05, 0) is 49.7 Å². The first-order valence-electron chi connectivity index (χ1n) is 6.33. The van der Waals surface area contributed by atoms with E-state index in [0.29, 0.717) is 22.8 Å². The highest BCUT2D eigenvalue weighted by atomic mass is 79.9. The van der Waals surface area contributed by atoms with Gasteiger partial charge in [0.15, 0.2) is 5.67 Å². The lowest BCUT2D eigenvalue weighted by Gasteiger charge is -2.23. The Morgan fingerprint density at radius 1 is 1.20 bits per heavy atom. The fraction of sp³-hybridized carbons (Fsp3) is 0.250. The van der Waals surface area contributed by atoms with E-state index in [2.05, 4.69) is 15.9 Å². The van der Waals surface area contributed by atoms with Gasteiger partial charge in [-0.25, -0.2) is 4.39 Å². The van der Waals surface area contributed by atoms with Gasteiger partial charge in [0.1, 0.15) is 5.75 Å². The summed E-state index contributed by atoms with van der Waals surface area (Å²) >= 11 is 9.47. The van der Waals surface area contributed by atoms with Crippen LogP contribution in [0.3, 0.4) is 0 Å². The molecule has 0 aliphatic carbocycles. The molecule has 0 aromatic heterocycles. The summed E-state index contributed by atoms with van der Waals surface area (Å²) in [6.45, 7) is 4.01. The van der Waals surface area contributed by atoms with Crippen LogP contribution in [0.2, 0.25) is 5.02 Å². The third kappa shape index (κ3) is 3.15. The van der Waals surface area contributed by atoms with Gasteiger partial charge in [-0.1, -0.05) is 39.7 Å². The van der Waals surface area contributed by atoms with Crippen LogP contribution in [0.5, 0.6) is 5.75 Å². The van der Waals surface area contributed by atoms with Gasteiger partial charge in [0, 0.05) is 15.1 Å². The number of hydrogen-bond donors (Lipinski definition) is 0. The summed E-state index contributed by atoms with van der Waals surface area (Å²) < 4.78 is 21.3. The summed E-state index contributed by atoms with van der Waals surface area (Å²) in [6, 6.07) is 12.2. The Morgan fingerprint density at radius 2 is 1.85 bits per heavy atom. The van der Waals surface area contributed by atoms with Crippen LogP contribution in [0, 0.1) is 0 Å². The molecular formula is C16H15BrClFO. The number of hydrogen-bond acceptors (Lipinski definition) is 1. The standard InChI is InChI=1S/C16H15BrClFO/c1-3-20-13-7-4-11(5-8-13)16(2,19)14-10-12(17)6-9-15(14)18/h4-10H,3H2,1-2H3. The largest absolute Gasteiger partial charge is 0.494 e. The Labute approximate surface area is 131 Å². The summed E-state index contributed by atoms with van der Waals surface area (Å²) in [6.07, 6.45) is 0.